The summed E-state index contributed by atoms with van der Waals surface area (Å²) in [5.41, 5.74) is 0.0302. The van der Waals surface area contributed by atoms with Gasteiger partial charge in [0.15, 0.2) is 5.58 Å². The van der Waals surface area contributed by atoms with Gasteiger partial charge < -0.3 is 14.3 Å². The van der Waals surface area contributed by atoms with Gasteiger partial charge in [0.1, 0.15) is 16.7 Å². The number of carboxylic acid groups (broad SMARTS) is 1. The topological polar surface area (TPSA) is 76.7 Å². The molecule has 2 aromatic rings. The Labute approximate surface area is 89.4 Å². The van der Waals surface area contributed by atoms with Crippen molar-refractivity contribution in [3.8, 4) is 0 Å². The number of thiol groups is 1. The van der Waals surface area contributed by atoms with Crippen molar-refractivity contribution >= 4 is 35.7 Å². The van der Waals surface area contributed by atoms with Gasteiger partial charge in [0.2, 0.25) is 0 Å². The summed E-state index contributed by atoms with van der Waals surface area (Å²) in [6.45, 7) is 0. The van der Waals surface area contributed by atoms with Crippen LogP contribution in [-0.4, -0.2) is 24.2 Å². The van der Waals surface area contributed by atoms with Gasteiger partial charge >= 0.3 is 11.9 Å². The van der Waals surface area contributed by atoms with Crippen LogP contribution in [0.4, 0.5) is 0 Å². The standard InChI is InChI=1S/C9H6O5S/c1-13-9(12)5-3-2-4(15)7(14-3)6(5)8(10)11/h2,15H,1H3,(H,10,11). The van der Waals surface area contributed by atoms with Crippen LogP contribution >= 0.6 is 12.6 Å². The maximum Gasteiger partial charge on any atom is 0.342 e. The number of aromatic carboxylic acids is 1. The van der Waals surface area contributed by atoms with E-state index in [2.05, 4.69) is 17.4 Å². The van der Waals surface area contributed by atoms with Gasteiger partial charge in [-0.2, -0.15) is 0 Å². The monoisotopic (exact) mass is 226 g/mol. The maximum absolute atomic E-state index is 11.3. The average molecular weight is 226 g/mol. The highest BCUT2D eigenvalue weighted by Gasteiger charge is 2.29. The fourth-order valence-electron chi connectivity index (χ4n) is 1.43. The lowest BCUT2D eigenvalue weighted by Crippen LogP contribution is -2.08. The van der Waals surface area contributed by atoms with Crippen LogP contribution in [0, 0.1) is 0 Å². The lowest BCUT2D eigenvalue weighted by molar-refractivity contribution is 0.0586. The van der Waals surface area contributed by atoms with Gasteiger partial charge in [-0.25, -0.2) is 9.59 Å². The molecule has 0 saturated carbocycles. The molecule has 0 amide bonds. The number of ether oxygens (including phenoxy) is 1. The van der Waals surface area contributed by atoms with E-state index in [-0.39, 0.29) is 22.3 Å². The van der Waals surface area contributed by atoms with Crippen molar-refractivity contribution in [1.29, 1.82) is 0 Å². The van der Waals surface area contributed by atoms with Gasteiger partial charge in [-0.3, -0.25) is 0 Å². The van der Waals surface area contributed by atoms with Crippen LogP contribution in [0.2, 0.25) is 0 Å². The highest BCUT2D eigenvalue weighted by molar-refractivity contribution is 7.80. The maximum atomic E-state index is 11.3. The highest BCUT2D eigenvalue weighted by atomic mass is 32.1. The van der Waals surface area contributed by atoms with Gasteiger partial charge in [0.05, 0.1) is 12.0 Å². The van der Waals surface area contributed by atoms with E-state index in [0.29, 0.717) is 4.90 Å². The third-order valence-electron chi connectivity index (χ3n) is 2.04. The molecule has 2 aromatic heterocycles. The van der Waals surface area contributed by atoms with Crippen molar-refractivity contribution in [3.63, 3.8) is 0 Å². The lowest BCUT2D eigenvalue weighted by atomic mass is 10.1. The largest absolute Gasteiger partial charge is 0.478 e. The van der Waals surface area contributed by atoms with Crippen LogP contribution < -0.4 is 0 Å². The second kappa shape index (κ2) is 3.16. The summed E-state index contributed by atoms with van der Waals surface area (Å²) in [5.74, 6) is -1.96. The molecular weight excluding hydrogens is 220 g/mol. The van der Waals surface area contributed by atoms with Gasteiger partial charge in [0.25, 0.3) is 0 Å². The molecule has 0 radical (unpaired) electrons. The number of hydrogen-bond acceptors (Lipinski definition) is 5. The predicted octanol–water partition coefficient (Wildman–Crippen LogP) is 1.64. The second-order valence-electron chi connectivity index (χ2n) is 2.87. The molecule has 0 aromatic carbocycles. The fraction of sp³-hybridized carbons (Fsp3) is 0.111. The first-order valence-corrected chi connectivity index (χ1v) is 4.40. The van der Waals surface area contributed by atoms with E-state index in [9.17, 15) is 9.59 Å². The van der Waals surface area contributed by atoms with E-state index in [1.807, 2.05) is 0 Å². The molecule has 5 nitrogen and oxygen atoms in total. The third-order valence-corrected chi connectivity index (χ3v) is 2.37. The number of esters is 1. The number of furan rings is 2. The molecule has 0 aliphatic heterocycles. The summed E-state index contributed by atoms with van der Waals surface area (Å²) in [6.07, 6.45) is 0. The molecule has 0 aliphatic carbocycles. The summed E-state index contributed by atoms with van der Waals surface area (Å²) < 4.78 is 9.58. The summed E-state index contributed by atoms with van der Waals surface area (Å²) in [5, 5.41) is 8.93. The zero-order chi connectivity index (χ0) is 11.2. The van der Waals surface area contributed by atoms with Crippen LogP contribution in [0.3, 0.4) is 0 Å². The normalized spacial score (nSPS) is 10.8. The number of carbonyl (C=O) groups excluding carboxylic acids is 1. The third kappa shape index (κ3) is 1.25. The Morgan fingerprint density at radius 3 is 2.67 bits per heavy atom. The molecule has 0 saturated heterocycles. The van der Waals surface area contributed by atoms with Gasteiger partial charge in [-0.15, -0.1) is 12.6 Å². The summed E-state index contributed by atoms with van der Waals surface area (Å²) >= 11 is 4.02. The number of rotatable bonds is 2. The van der Waals surface area contributed by atoms with Crippen molar-refractivity contribution in [3.05, 3.63) is 17.2 Å². The Balaban J connectivity index is 2.75. The minimum atomic E-state index is -1.24. The molecule has 6 heteroatoms. The molecule has 0 unspecified atom stereocenters. The van der Waals surface area contributed by atoms with E-state index in [0.717, 1.165) is 0 Å². The van der Waals surface area contributed by atoms with Crippen molar-refractivity contribution in [2.75, 3.05) is 7.11 Å². The van der Waals surface area contributed by atoms with E-state index in [1.54, 1.807) is 0 Å². The van der Waals surface area contributed by atoms with E-state index in [1.165, 1.54) is 13.2 Å². The molecule has 0 spiro atoms. The van der Waals surface area contributed by atoms with Crippen LogP contribution in [0.5, 0.6) is 0 Å². The Bertz CT molecular complexity index is 541. The Morgan fingerprint density at radius 2 is 2.13 bits per heavy atom. The summed E-state index contributed by atoms with van der Waals surface area (Å²) in [6, 6.07) is 1.48. The number of carboxylic acids is 1. The Hall–Kier alpha value is -1.69. The first kappa shape index (κ1) is 9.85. The molecule has 2 bridgehead atoms. The predicted molar refractivity (Wildman–Crippen MR) is 53.0 cm³/mol. The quantitative estimate of drug-likeness (QED) is 0.601. The lowest BCUT2D eigenvalue weighted by Gasteiger charge is -1.99. The van der Waals surface area contributed by atoms with Crippen LogP contribution in [0.25, 0.3) is 11.2 Å². The van der Waals surface area contributed by atoms with E-state index in [4.69, 9.17) is 9.52 Å². The zero-order valence-electron chi connectivity index (χ0n) is 7.60. The molecule has 0 aliphatic rings. The minimum Gasteiger partial charge on any atom is -0.478 e. The van der Waals surface area contributed by atoms with Crippen molar-refractivity contribution in [2.24, 2.45) is 0 Å². The molecule has 2 heterocycles. The summed E-state index contributed by atoms with van der Waals surface area (Å²) in [7, 11) is 1.18. The van der Waals surface area contributed by atoms with Crippen LogP contribution in [-0.2, 0) is 4.74 Å². The number of methoxy groups -OCH3 is 1. The van der Waals surface area contributed by atoms with E-state index >= 15 is 0 Å². The second-order valence-corrected chi connectivity index (χ2v) is 3.35. The molecule has 15 heavy (non-hydrogen) atoms. The smallest absolute Gasteiger partial charge is 0.342 e. The molecule has 0 atom stereocenters. The number of benzene rings is 1. The zero-order valence-corrected chi connectivity index (χ0v) is 8.50. The molecule has 2 rings (SSSR count). The van der Waals surface area contributed by atoms with Crippen LogP contribution in [0.1, 0.15) is 20.7 Å². The molecular formula is C9H6O5S. The summed E-state index contributed by atoms with van der Waals surface area (Å²) in [4.78, 5) is 22.6. The first-order valence-electron chi connectivity index (χ1n) is 3.95. The average Bonchev–Trinajstić information content (AvgIpc) is 2.71. The fourth-order valence-corrected chi connectivity index (χ4v) is 1.70. The van der Waals surface area contributed by atoms with Crippen molar-refractivity contribution in [1.82, 2.24) is 0 Å². The van der Waals surface area contributed by atoms with Crippen LogP contribution in [0.15, 0.2) is 15.4 Å². The SMILES string of the molecule is COC(=O)c1c(C(=O)O)c2oc1cc2S. The number of carbonyl (C=O) groups is 2. The van der Waals surface area contributed by atoms with Gasteiger partial charge in [-0.05, 0) is 6.07 Å². The minimum absolute atomic E-state index is 0.0576. The number of fused-ring (bicyclic) bond motifs is 2. The molecule has 0 fully saturated rings. The highest BCUT2D eigenvalue weighted by Crippen LogP contribution is 2.34. The van der Waals surface area contributed by atoms with Crippen molar-refractivity contribution in [2.45, 2.75) is 4.90 Å². The molecule has 78 valence electrons. The Morgan fingerprint density at radius 1 is 1.47 bits per heavy atom. The van der Waals surface area contributed by atoms with Crippen molar-refractivity contribution < 1.29 is 23.8 Å². The molecule has 1 N–H and O–H groups in total. The van der Waals surface area contributed by atoms with Gasteiger partial charge in [-0.1, -0.05) is 0 Å². The van der Waals surface area contributed by atoms with Gasteiger partial charge in [0, 0.05) is 0 Å². The number of hydrogen-bond donors (Lipinski definition) is 2. The van der Waals surface area contributed by atoms with E-state index < -0.39 is 11.9 Å². The Kier molecular flexibility index (Phi) is 2.08. The first-order chi connectivity index (χ1) is 7.06.